The second-order valence-electron chi connectivity index (χ2n) is 10.8. The number of carbonyl (C=O) groups is 1. The fourth-order valence-electron chi connectivity index (χ4n) is 6.17. The average Bonchev–Trinajstić information content (AvgIpc) is 3.41. The van der Waals surface area contributed by atoms with E-state index < -0.39 is 11.8 Å². The van der Waals surface area contributed by atoms with Crippen LogP contribution in [0.25, 0.3) is 21.5 Å². The van der Waals surface area contributed by atoms with Gasteiger partial charge in [-0.25, -0.2) is 14.2 Å². The summed E-state index contributed by atoms with van der Waals surface area (Å²) in [5, 5.41) is 14.5. The molecule has 2 unspecified atom stereocenters. The number of aromatic carboxylic acids is 1. The molecule has 7 rings (SSSR count). The van der Waals surface area contributed by atoms with E-state index in [0.29, 0.717) is 17.2 Å². The number of halogens is 1. The summed E-state index contributed by atoms with van der Waals surface area (Å²) >= 11 is 1.37. The summed E-state index contributed by atoms with van der Waals surface area (Å²) in [7, 11) is 0. The third-order valence-electron chi connectivity index (χ3n) is 8.23. The van der Waals surface area contributed by atoms with E-state index >= 15 is 0 Å². The van der Waals surface area contributed by atoms with E-state index in [-0.39, 0.29) is 29.3 Å². The molecule has 0 amide bonds. The van der Waals surface area contributed by atoms with Crippen LogP contribution in [0.15, 0.2) is 40.9 Å². The highest BCUT2D eigenvalue weighted by atomic mass is 32.1. The fourth-order valence-corrected chi connectivity index (χ4v) is 7.33. The minimum Gasteiger partial charge on any atom is -0.478 e. The lowest BCUT2D eigenvalue weighted by molar-refractivity contribution is 0.0147. The van der Waals surface area contributed by atoms with Crippen molar-refractivity contribution in [1.82, 2.24) is 10.1 Å². The number of ether oxygens (including phenoxy) is 1. The van der Waals surface area contributed by atoms with Gasteiger partial charge in [-0.2, -0.15) is 0 Å². The second kappa shape index (κ2) is 9.17. The summed E-state index contributed by atoms with van der Waals surface area (Å²) in [6.45, 7) is 2.57. The molecule has 1 aliphatic carbocycles. The molecule has 2 aliphatic heterocycles. The minimum atomic E-state index is -1.14. The largest absolute Gasteiger partial charge is 0.478 e. The maximum Gasteiger partial charge on any atom is 0.335 e. The number of carboxylic acids is 1. The number of thiazole rings is 1. The van der Waals surface area contributed by atoms with Gasteiger partial charge in [-0.15, -0.1) is 0 Å². The summed E-state index contributed by atoms with van der Waals surface area (Å²) in [6.07, 6.45) is 6.21. The third kappa shape index (κ3) is 4.08. The van der Waals surface area contributed by atoms with Crippen molar-refractivity contribution >= 4 is 32.7 Å². The third-order valence-corrected chi connectivity index (χ3v) is 9.24. The van der Waals surface area contributed by atoms with Crippen molar-refractivity contribution in [1.29, 1.82) is 0 Å². The molecular formula is C29H28FN3O4S. The quantitative estimate of drug-likeness (QED) is 0.283. The summed E-state index contributed by atoms with van der Waals surface area (Å²) in [6, 6.07) is 11.3. The van der Waals surface area contributed by atoms with Crippen molar-refractivity contribution in [2.75, 3.05) is 4.90 Å². The van der Waals surface area contributed by atoms with Crippen molar-refractivity contribution in [3.8, 4) is 11.3 Å². The molecule has 1 saturated carbocycles. The van der Waals surface area contributed by atoms with E-state index in [0.717, 1.165) is 72.3 Å². The predicted molar refractivity (Wildman–Crippen MR) is 142 cm³/mol. The number of hydrogen-bond acceptors (Lipinski definition) is 7. The highest BCUT2D eigenvalue weighted by Gasteiger charge is 2.43. The van der Waals surface area contributed by atoms with Crippen molar-refractivity contribution < 1.29 is 23.6 Å². The van der Waals surface area contributed by atoms with E-state index in [4.69, 9.17) is 9.26 Å². The lowest BCUT2D eigenvalue weighted by Crippen LogP contribution is -2.45. The van der Waals surface area contributed by atoms with Gasteiger partial charge < -0.3 is 19.3 Å². The number of benzene rings is 2. The molecule has 2 aromatic heterocycles. The Morgan fingerprint density at radius 3 is 2.66 bits per heavy atom. The molecule has 2 saturated heterocycles. The molecule has 196 valence electrons. The highest BCUT2D eigenvalue weighted by Crippen LogP contribution is 2.46. The summed E-state index contributed by atoms with van der Waals surface area (Å²) in [5.74, 6) is -0.307. The number of carboxylic acid groups (broad SMARTS) is 1. The fraction of sp³-hybridized carbons (Fsp3) is 0.414. The van der Waals surface area contributed by atoms with Crippen LogP contribution in [0.3, 0.4) is 0 Å². The van der Waals surface area contributed by atoms with Crippen LogP contribution in [-0.4, -0.2) is 39.4 Å². The zero-order valence-corrected chi connectivity index (χ0v) is 21.8. The van der Waals surface area contributed by atoms with Crippen LogP contribution in [-0.2, 0) is 11.3 Å². The molecule has 4 heterocycles. The van der Waals surface area contributed by atoms with Crippen LogP contribution in [0.4, 0.5) is 9.52 Å². The molecule has 0 radical (unpaired) electrons. The molecule has 3 fully saturated rings. The molecule has 2 aromatic carbocycles. The van der Waals surface area contributed by atoms with Gasteiger partial charge in [0, 0.05) is 29.1 Å². The zero-order chi connectivity index (χ0) is 26.0. The molecule has 9 heteroatoms. The number of fused-ring (bicyclic) bond motifs is 3. The Kier molecular flexibility index (Phi) is 5.74. The smallest absolute Gasteiger partial charge is 0.335 e. The van der Waals surface area contributed by atoms with E-state index in [1.165, 1.54) is 23.0 Å². The van der Waals surface area contributed by atoms with Crippen molar-refractivity contribution in [3.63, 3.8) is 0 Å². The first-order valence-corrected chi connectivity index (χ1v) is 14.1. The summed E-state index contributed by atoms with van der Waals surface area (Å²) in [5.41, 5.74) is 4.42. The van der Waals surface area contributed by atoms with Gasteiger partial charge in [-0.05, 0) is 63.1 Å². The van der Waals surface area contributed by atoms with E-state index in [9.17, 15) is 14.3 Å². The summed E-state index contributed by atoms with van der Waals surface area (Å²) < 4.78 is 27.6. The van der Waals surface area contributed by atoms with E-state index in [2.05, 4.69) is 34.1 Å². The van der Waals surface area contributed by atoms with E-state index in [1.807, 2.05) is 12.1 Å². The Balaban J connectivity index is 1.10. The first-order valence-electron chi connectivity index (χ1n) is 13.2. The molecule has 2 bridgehead atoms. The number of aromatic nitrogens is 2. The number of nitrogens with zero attached hydrogens (tertiary/aromatic N) is 3. The Bertz CT molecular complexity index is 1530. The molecule has 0 spiro atoms. The number of piperidine rings is 1. The van der Waals surface area contributed by atoms with Gasteiger partial charge >= 0.3 is 5.97 Å². The maximum absolute atomic E-state index is 14.6. The lowest BCUT2D eigenvalue weighted by Gasteiger charge is -2.38. The SMILES string of the molecule is Cc1ccccc1-c1noc(C2CC2)c1COC1CC2CC[C@@H](C1)N2c1nc2c(F)cc(C(=O)O)cc2s1. The average molecular weight is 534 g/mol. The first-order chi connectivity index (χ1) is 18.5. The summed E-state index contributed by atoms with van der Waals surface area (Å²) in [4.78, 5) is 18.3. The Morgan fingerprint density at radius 2 is 1.95 bits per heavy atom. The normalized spacial score (nSPS) is 22.9. The predicted octanol–water partition coefficient (Wildman–Crippen LogP) is 6.69. The van der Waals surface area contributed by atoms with Gasteiger partial charge in [0.1, 0.15) is 17.0 Å². The molecular weight excluding hydrogens is 505 g/mol. The maximum atomic E-state index is 14.6. The van der Waals surface area contributed by atoms with Crippen molar-refractivity contribution in [2.24, 2.45) is 0 Å². The standard InChI is InChI=1S/C29H28FN3O4S/c1-15-4-2-3-5-21(15)25-22(27(37-32-25)16-6-7-16)14-36-20-12-18-8-9-19(13-20)33(18)29-31-26-23(30)10-17(28(34)35)11-24(26)38-29/h2-5,10-11,16,18-20H,6-9,12-14H2,1H3,(H,34,35)/t18-,19?,20?/m0/s1. The van der Waals surface area contributed by atoms with Gasteiger partial charge in [0.25, 0.3) is 0 Å². The Hall–Kier alpha value is -3.30. The number of rotatable bonds is 7. The zero-order valence-electron chi connectivity index (χ0n) is 21.0. The number of aryl methyl sites for hydroxylation is 1. The van der Waals surface area contributed by atoms with Gasteiger partial charge in [-0.1, -0.05) is 40.8 Å². The van der Waals surface area contributed by atoms with Crippen LogP contribution in [0, 0.1) is 12.7 Å². The molecule has 3 aliphatic rings. The molecule has 38 heavy (non-hydrogen) atoms. The minimum absolute atomic E-state index is 0.0513. The second-order valence-corrected chi connectivity index (χ2v) is 11.8. The van der Waals surface area contributed by atoms with Crippen LogP contribution in [0.2, 0.25) is 0 Å². The highest BCUT2D eigenvalue weighted by molar-refractivity contribution is 7.22. The van der Waals surface area contributed by atoms with Gasteiger partial charge in [0.15, 0.2) is 10.9 Å². The molecule has 3 atom stereocenters. The molecule has 1 N–H and O–H groups in total. The van der Waals surface area contributed by atoms with Gasteiger partial charge in [0.2, 0.25) is 0 Å². The topological polar surface area (TPSA) is 88.7 Å². The molecule has 4 aromatic rings. The van der Waals surface area contributed by atoms with E-state index in [1.54, 1.807) is 0 Å². The van der Waals surface area contributed by atoms with Crippen LogP contribution >= 0.6 is 11.3 Å². The Labute approximate surface area is 223 Å². The number of anilines is 1. The van der Waals surface area contributed by atoms with Crippen LogP contribution in [0.5, 0.6) is 0 Å². The van der Waals surface area contributed by atoms with Crippen LogP contribution in [0.1, 0.15) is 71.7 Å². The Morgan fingerprint density at radius 1 is 1.18 bits per heavy atom. The lowest BCUT2D eigenvalue weighted by atomic mass is 9.99. The monoisotopic (exact) mass is 533 g/mol. The van der Waals surface area contributed by atoms with Crippen molar-refractivity contribution in [3.05, 3.63) is 64.7 Å². The first kappa shape index (κ1) is 23.8. The van der Waals surface area contributed by atoms with Gasteiger partial charge in [0.05, 0.1) is 23.0 Å². The molecule has 7 nitrogen and oxygen atoms in total. The van der Waals surface area contributed by atoms with Crippen molar-refractivity contribution in [2.45, 2.75) is 76.2 Å². The number of hydrogen-bond donors (Lipinski definition) is 1. The van der Waals surface area contributed by atoms with Crippen LogP contribution < -0.4 is 4.90 Å². The van der Waals surface area contributed by atoms with Gasteiger partial charge in [-0.3, -0.25) is 0 Å².